The van der Waals surface area contributed by atoms with Crippen molar-refractivity contribution in [3.05, 3.63) is 0 Å². The molecule has 0 radical (unpaired) electrons. The zero-order chi connectivity index (χ0) is 15.0. The van der Waals surface area contributed by atoms with Crippen LogP contribution in [0.4, 0.5) is 0 Å². The molecule has 1 atom stereocenters. The molecule has 6 heteroatoms. The minimum atomic E-state index is -0.913. The van der Waals surface area contributed by atoms with Gasteiger partial charge in [0.2, 0.25) is 5.91 Å². The third-order valence-electron chi connectivity index (χ3n) is 2.98. The number of amides is 1. The van der Waals surface area contributed by atoms with Crippen molar-refractivity contribution in [3.63, 3.8) is 0 Å². The molecule has 0 aromatic heterocycles. The van der Waals surface area contributed by atoms with Crippen LogP contribution in [0.2, 0.25) is 0 Å². The number of hydrogen-bond acceptors (Lipinski definition) is 4. The number of rotatable bonds is 9. The fourth-order valence-electron chi connectivity index (χ4n) is 1.42. The van der Waals surface area contributed by atoms with Crippen LogP contribution < -0.4 is 5.32 Å². The number of carboxylic acid groups (broad SMARTS) is 1. The first kappa shape index (κ1) is 17.9. The van der Waals surface area contributed by atoms with Gasteiger partial charge in [-0.05, 0) is 26.9 Å². The predicted octanol–water partition coefficient (Wildman–Crippen LogP) is 0.0953. The van der Waals surface area contributed by atoms with Crippen molar-refractivity contribution in [1.82, 2.24) is 15.1 Å². The summed E-state index contributed by atoms with van der Waals surface area (Å²) in [6, 6.07) is 0.0908. The molecule has 6 nitrogen and oxygen atoms in total. The highest BCUT2D eigenvalue weighted by Gasteiger charge is 2.16. The van der Waals surface area contributed by atoms with E-state index in [4.69, 9.17) is 5.11 Å². The molecule has 2 N–H and O–H groups in total. The minimum absolute atomic E-state index is 0.0908. The second kappa shape index (κ2) is 8.87. The van der Waals surface area contributed by atoms with E-state index in [-0.39, 0.29) is 25.0 Å². The fourth-order valence-corrected chi connectivity index (χ4v) is 1.42. The minimum Gasteiger partial charge on any atom is -0.480 e. The normalized spacial score (nSPS) is 13.1. The Morgan fingerprint density at radius 2 is 1.68 bits per heavy atom. The number of carbonyl (C=O) groups excluding carboxylic acids is 1. The van der Waals surface area contributed by atoms with Crippen LogP contribution in [0.25, 0.3) is 0 Å². The van der Waals surface area contributed by atoms with Gasteiger partial charge in [-0.25, -0.2) is 0 Å². The molecule has 0 saturated carbocycles. The Bertz CT molecular complexity index is 293. The Labute approximate surface area is 115 Å². The summed E-state index contributed by atoms with van der Waals surface area (Å²) in [4.78, 5) is 26.2. The SMILES string of the molecule is CC(C)C(C)NC(=O)CN(CCN(C)C)CC(=O)O. The number of nitrogens with one attached hydrogen (secondary N) is 1. The third kappa shape index (κ3) is 9.44. The standard InChI is InChI=1S/C13H27N3O3/c1-10(2)11(3)14-12(17)8-16(9-13(18)19)7-6-15(4)5/h10-11H,6-9H2,1-5H3,(H,14,17)(H,18,19). The Kier molecular flexibility index (Phi) is 8.34. The topological polar surface area (TPSA) is 72.9 Å². The quantitative estimate of drug-likeness (QED) is 0.623. The van der Waals surface area contributed by atoms with E-state index >= 15 is 0 Å². The van der Waals surface area contributed by atoms with Crippen LogP contribution in [0.5, 0.6) is 0 Å². The molecule has 0 fully saturated rings. The maximum Gasteiger partial charge on any atom is 0.317 e. The van der Waals surface area contributed by atoms with E-state index in [0.717, 1.165) is 6.54 Å². The van der Waals surface area contributed by atoms with Crippen LogP contribution in [-0.2, 0) is 9.59 Å². The monoisotopic (exact) mass is 273 g/mol. The number of carboxylic acids is 1. The first-order chi connectivity index (χ1) is 8.72. The van der Waals surface area contributed by atoms with E-state index in [1.165, 1.54) is 0 Å². The van der Waals surface area contributed by atoms with E-state index in [1.807, 2.05) is 39.8 Å². The van der Waals surface area contributed by atoms with E-state index < -0.39 is 5.97 Å². The molecule has 0 aliphatic carbocycles. The molecule has 0 aliphatic rings. The van der Waals surface area contributed by atoms with Gasteiger partial charge in [-0.3, -0.25) is 14.5 Å². The predicted molar refractivity (Wildman–Crippen MR) is 75.1 cm³/mol. The van der Waals surface area contributed by atoms with Crippen molar-refractivity contribution in [1.29, 1.82) is 0 Å². The first-order valence-electron chi connectivity index (χ1n) is 6.60. The van der Waals surface area contributed by atoms with Gasteiger partial charge < -0.3 is 15.3 Å². The van der Waals surface area contributed by atoms with Crippen LogP contribution in [0, 0.1) is 5.92 Å². The molecule has 0 heterocycles. The summed E-state index contributed by atoms with van der Waals surface area (Å²) >= 11 is 0. The zero-order valence-corrected chi connectivity index (χ0v) is 12.6. The van der Waals surface area contributed by atoms with E-state index in [1.54, 1.807) is 4.90 Å². The van der Waals surface area contributed by atoms with E-state index in [0.29, 0.717) is 12.5 Å². The molecule has 112 valence electrons. The Morgan fingerprint density at radius 3 is 2.11 bits per heavy atom. The molecule has 1 amide bonds. The Hall–Kier alpha value is -1.14. The molecule has 19 heavy (non-hydrogen) atoms. The third-order valence-corrected chi connectivity index (χ3v) is 2.98. The van der Waals surface area contributed by atoms with Gasteiger partial charge in [-0.2, -0.15) is 0 Å². The fraction of sp³-hybridized carbons (Fsp3) is 0.846. The molecule has 0 saturated heterocycles. The van der Waals surface area contributed by atoms with E-state index in [2.05, 4.69) is 5.32 Å². The number of carbonyl (C=O) groups is 2. The lowest BCUT2D eigenvalue weighted by Crippen LogP contribution is -2.45. The van der Waals surface area contributed by atoms with Crippen molar-refractivity contribution >= 4 is 11.9 Å². The van der Waals surface area contributed by atoms with E-state index in [9.17, 15) is 9.59 Å². The summed E-state index contributed by atoms with van der Waals surface area (Å²) < 4.78 is 0. The van der Waals surface area contributed by atoms with Crippen LogP contribution in [-0.4, -0.2) is 73.1 Å². The van der Waals surface area contributed by atoms with Gasteiger partial charge in [0.25, 0.3) is 0 Å². The molecular weight excluding hydrogens is 246 g/mol. The second-order valence-corrected chi connectivity index (χ2v) is 5.51. The van der Waals surface area contributed by atoms with Crippen molar-refractivity contribution in [2.24, 2.45) is 5.92 Å². The summed E-state index contributed by atoms with van der Waals surface area (Å²) in [6.45, 7) is 7.31. The summed E-state index contributed by atoms with van der Waals surface area (Å²) in [5, 5.41) is 11.7. The molecule has 0 bridgehead atoms. The number of likely N-dealkylation sites (N-methyl/N-ethyl adjacent to an activating group) is 1. The maximum atomic E-state index is 11.8. The van der Waals surface area contributed by atoms with Crippen LogP contribution in [0.1, 0.15) is 20.8 Å². The van der Waals surface area contributed by atoms with Gasteiger partial charge in [0, 0.05) is 19.1 Å². The lowest BCUT2D eigenvalue weighted by Gasteiger charge is -2.24. The zero-order valence-electron chi connectivity index (χ0n) is 12.6. The maximum absolute atomic E-state index is 11.8. The summed E-state index contributed by atoms with van der Waals surface area (Å²) in [7, 11) is 3.83. The number of nitrogens with zero attached hydrogens (tertiary/aromatic N) is 2. The Morgan fingerprint density at radius 1 is 1.11 bits per heavy atom. The van der Waals surface area contributed by atoms with Gasteiger partial charge in [0.1, 0.15) is 0 Å². The average Bonchev–Trinajstić information content (AvgIpc) is 2.24. The summed E-state index contributed by atoms with van der Waals surface area (Å²) in [6.07, 6.45) is 0. The van der Waals surface area contributed by atoms with Gasteiger partial charge in [0.05, 0.1) is 13.1 Å². The van der Waals surface area contributed by atoms with Gasteiger partial charge >= 0.3 is 5.97 Å². The second-order valence-electron chi connectivity index (χ2n) is 5.51. The van der Waals surface area contributed by atoms with Crippen molar-refractivity contribution in [2.45, 2.75) is 26.8 Å². The van der Waals surface area contributed by atoms with Gasteiger partial charge in [-0.1, -0.05) is 13.8 Å². The average molecular weight is 273 g/mol. The lowest BCUT2D eigenvalue weighted by atomic mass is 10.1. The number of aliphatic carboxylic acids is 1. The molecule has 0 spiro atoms. The van der Waals surface area contributed by atoms with Crippen LogP contribution >= 0.6 is 0 Å². The van der Waals surface area contributed by atoms with Crippen molar-refractivity contribution < 1.29 is 14.7 Å². The van der Waals surface area contributed by atoms with Gasteiger partial charge in [0.15, 0.2) is 0 Å². The number of hydrogen-bond donors (Lipinski definition) is 2. The first-order valence-corrected chi connectivity index (χ1v) is 6.60. The molecule has 0 aliphatic heterocycles. The molecular formula is C13H27N3O3. The van der Waals surface area contributed by atoms with Gasteiger partial charge in [-0.15, -0.1) is 0 Å². The lowest BCUT2D eigenvalue weighted by molar-refractivity contribution is -0.138. The largest absolute Gasteiger partial charge is 0.480 e. The van der Waals surface area contributed by atoms with Crippen molar-refractivity contribution in [3.8, 4) is 0 Å². The summed E-state index contributed by atoms with van der Waals surface area (Å²) in [5.41, 5.74) is 0. The van der Waals surface area contributed by atoms with Crippen molar-refractivity contribution in [2.75, 3.05) is 40.3 Å². The highest BCUT2D eigenvalue weighted by molar-refractivity contribution is 5.79. The highest BCUT2D eigenvalue weighted by atomic mass is 16.4. The smallest absolute Gasteiger partial charge is 0.317 e. The molecule has 0 aromatic rings. The van der Waals surface area contributed by atoms with Crippen LogP contribution in [0.3, 0.4) is 0 Å². The molecule has 0 aromatic carbocycles. The molecule has 0 rings (SSSR count). The summed E-state index contributed by atoms with van der Waals surface area (Å²) in [5.74, 6) is -0.677. The molecule has 1 unspecified atom stereocenters. The highest BCUT2D eigenvalue weighted by Crippen LogP contribution is 1.99. The van der Waals surface area contributed by atoms with Crippen LogP contribution in [0.15, 0.2) is 0 Å². The Balaban J connectivity index is 4.29.